The van der Waals surface area contributed by atoms with Gasteiger partial charge in [0.25, 0.3) is 0 Å². The highest BCUT2D eigenvalue weighted by Crippen LogP contribution is 2.31. The van der Waals surface area contributed by atoms with Crippen molar-refractivity contribution < 1.29 is 110 Å². The third-order valence-corrected chi connectivity index (χ3v) is 9.28. The molecule has 0 aliphatic rings. The van der Waals surface area contributed by atoms with Crippen molar-refractivity contribution in [2.24, 2.45) is 0 Å². The first-order chi connectivity index (χ1) is 30.3. The lowest BCUT2D eigenvalue weighted by Crippen LogP contribution is -2.81. The van der Waals surface area contributed by atoms with E-state index in [0.29, 0.717) is 5.56 Å². The molecule has 0 N–H and O–H groups in total. The molecule has 0 atom stereocenters. The molecule has 0 amide bonds. The standard InChI is InChI=1S/C24BF20.C14H10F3N2O/c26-5-1(6(27)14(35)21(42)13(5)34)25(2-7(28)15(36)22(43)16(37)8(2)29,3-9(30)17(38)23(44)18(39)10(3)31)4-11(32)19(40)24(45)20(41)12(4)33;15-13(14(16)17)11-8-19(7-6-18-11)9-12(20)10-4-2-1-3-5-10/h;1-8H,9H2/q-1;+1. The highest BCUT2D eigenvalue weighted by atomic mass is 19.3. The van der Waals surface area contributed by atoms with Gasteiger partial charge < -0.3 is 0 Å². The van der Waals surface area contributed by atoms with Gasteiger partial charge in [0.05, 0.1) is 6.20 Å². The van der Waals surface area contributed by atoms with Crippen LogP contribution in [0, 0.1) is 116 Å². The van der Waals surface area contributed by atoms with E-state index in [1.165, 1.54) is 10.8 Å². The number of nitrogens with zero attached hydrogens (tertiary/aromatic N) is 2. The van der Waals surface area contributed by atoms with Crippen molar-refractivity contribution in [1.82, 2.24) is 4.98 Å². The molecule has 0 fully saturated rings. The molecule has 0 saturated carbocycles. The van der Waals surface area contributed by atoms with E-state index in [1.807, 2.05) is 0 Å². The molecule has 0 bridgehead atoms. The van der Waals surface area contributed by atoms with Gasteiger partial charge in [-0.05, 0) is 0 Å². The van der Waals surface area contributed by atoms with E-state index in [1.54, 1.807) is 30.3 Å². The number of Topliss-reactive ketones (excluding diaryl/α,β-unsaturated/α-hetero) is 1. The second kappa shape index (κ2) is 18.3. The molecule has 0 aliphatic carbocycles. The fourth-order valence-corrected chi connectivity index (χ4v) is 6.50. The van der Waals surface area contributed by atoms with Crippen molar-refractivity contribution in [3.05, 3.63) is 183 Å². The van der Waals surface area contributed by atoms with E-state index in [-0.39, 0.29) is 12.3 Å². The number of hydrogen-bond donors (Lipinski definition) is 0. The van der Waals surface area contributed by atoms with Gasteiger partial charge >= 0.3 is 6.08 Å². The maximum atomic E-state index is 15.4. The van der Waals surface area contributed by atoms with Gasteiger partial charge in [-0.2, -0.15) is 17.7 Å². The van der Waals surface area contributed by atoms with Gasteiger partial charge in [0.1, 0.15) is 52.7 Å². The molecular weight excluding hydrogens is 948 g/mol. The van der Waals surface area contributed by atoms with Crippen LogP contribution in [0.5, 0.6) is 0 Å². The first-order valence-electron chi connectivity index (χ1n) is 16.7. The van der Waals surface area contributed by atoms with Crippen LogP contribution in [-0.4, -0.2) is 16.9 Å². The van der Waals surface area contributed by atoms with Crippen LogP contribution in [0.15, 0.2) is 55.0 Å². The molecule has 0 saturated heterocycles. The first kappa shape index (κ1) is 49.1. The van der Waals surface area contributed by atoms with Gasteiger partial charge in [0.15, 0.2) is 87.9 Å². The smallest absolute Gasteiger partial charge is 0.287 e. The number of halogens is 23. The molecule has 3 nitrogen and oxygen atoms in total. The van der Waals surface area contributed by atoms with Crippen LogP contribution in [0.25, 0.3) is 5.83 Å². The minimum atomic E-state index is -7.22. The Morgan fingerprint density at radius 3 is 0.985 bits per heavy atom. The summed E-state index contributed by atoms with van der Waals surface area (Å²) in [6.07, 6.45) is -6.02. The lowest BCUT2D eigenvalue weighted by molar-refractivity contribution is -0.683. The maximum absolute atomic E-state index is 15.4. The molecule has 27 heteroatoms. The van der Waals surface area contributed by atoms with Gasteiger partial charge in [-0.3, -0.25) is 4.79 Å². The highest BCUT2D eigenvalue weighted by Gasteiger charge is 2.52. The van der Waals surface area contributed by atoms with Crippen LogP contribution < -0.4 is 26.4 Å². The summed E-state index contributed by atoms with van der Waals surface area (Å²) in [5, 5.41) is 0. The number of ketones is 1. The summed E-state index contributed by atoms with van der Waals surface area (Å²) in [5.41, 5.74) is -14.3. The molecule has 6 rings (SSSR count). The average molecular weight is 958 g/mol. The van der Waals surface area contributed by atoms with E-state index in [4.69, 9.17) is 0 Å². The van der Waals surface area contributed by atoms with Crippen molar-refractivity contribution in [2.75, 3.05) is 0 Å². The van der Waals surface area contributed by atoms with Crippen molar-refractivity contribution in [3.63, 3.8) is 0 Å². The fraction of sp³-hybridized carbons (Fsp3) is 0.0263. The Bertz CT molecular complexity index is 2580. The van der Waals surface area contributed by atoms with Gasteiger partial charge in [-0.25, -0.2) is 92.8 Å². The SMILES string of the molecule is Fc1c(F)c(F)c([B-](c2c(F)c(F)c(F)c(F)c2F)(c2c(F)c(F)c(F)c(F)c2F)c2c(F)c(F)c(F)c(F)c2F)c(F)c1F.O=C(C[n+]1ccnc(C(F)=C(F)F)c1)c1ccccc1. The molecule has 1 aromatic heterocycles. The van der Waals surface area contributed by atoms with Gasteiger partial charge in [-0.1, -0.05) is 30.3 Å². The van der Waals surface area contributed by atoms with Crippen molar-refractivity contribution in [2.45, 2.75) is 6.54 Å². The second-order valence-corrected chi connectivity index (χ2v) is 12.8. The molecule has 342 valence electrons. The Hall–Kier alpha value is -6.96. The predicted octanol–water partition coefficient (Wildman–Crippen LogP) is 8.63. The zero-order chi connectivity index (χ0) is 48.9. The Morgan fingerprint density at radius 2 is 0.708 bits per heavy atom. The summed E-state index contributed by atoms with van der Waals surface area (Å²) in [6, 6.07) is 8.51. The molecule has 0 unspecified atom stereocenters. The van der Waals surface area contributed by atoms with Crippen molar-refractivity contribution in [1.29, 1.82) is 0 Å². The summed E-state index contributed by atoms with van der Waals surface area (Å²) in [7, 11) is 0. The number of benzene rings is 5. The maximum Gasteiger partial charge on any atom is 0.308 e. The van der Waals surface area contributed by atoms with Crippen LogP contribution in [0.1, 0.15) is 16.1 Å². The topological polar surface area (TPSA) is 33.8 Å². The number of carbonyl (C=O) groups excluding carboxylic acids is 1. The van der Waals surface area contributed by atoms with Crippen molar-refractivity contribution >= 4 is 39.6 Å². The van der Waals surface area contributed by atoms with Crippen LogP contribution in [-0.2, 0) is 6.54 Å². The molecule has 1 heterocycles. The number of carbonyl (C=O) groups is 1. The number of rotatable bonds is 8. The Morgan fingerprint density at radius 1 is 0.431 bits per heavy atom. The summed E-state index contributed by atoms with van der Waals surface area (Å²) in [6.45, 7) is -0.0826. The lowest BCUT2D eigenvalue weighted by atomic mass is 9.12. The Kier molecular flexibility index (Phi) is 13.8. The van der Waals surface area contributed by atoms with E-state index >= 15 is 35.1 Å². The molecule has 65 heavy (non-hydrogen) atoms. The zero-order valence-corrected chi connectivity index (χ0v) is 30.4. The Labute approximate surface area is 344 Å². The van der Waals surface area contributed by atoms with E-state index in [2.05, 4.69) is 4.98 Å². The second-order valence-electron chi connectivity index (χ2n) is 12.8. The third-order valence-electron chi connectivity index (χ3n) is 9.28. The van der Waals surface area contributed by atoms with E-state index in [0.717, 1.165) is 12.4 Å². The largest absolute Gasteiger partial charge is 0.308 e. The zero-order valence-electron chi connectivity index (χ0n) is 30.4. The van der Waals surface area contributed by atoms with Crippen LogP contribution in [0.2, 0.25) is 0 Å². The molecular formula is C38H10BF23N2O. The van der Waals surface area contributed by atoms with Crippen LogP contribution >= 0.6 is 0 Å². The Balaban J connectivity index is 0.000000330. The lowest BCUT2D eigenvalue weighted by Gasteiger charge is -2.44. The molecule has 5 aromatic carbocycles. The third kappa shape index (κ3) is 7.99. The number of aromatic nitrogens is 2. The molecule has 0 radical (unpaired) electrons. The fourth-order valence-electron chi connectivity index (χ4n) is 6.50. The van der Waals surface area contributed by atoms with Crippen LogP contribution in [0.4, 0.5) is 101 Å². The van der Waals surface area contributed by atoms with Crippen molar-refractivity contribution in [3.8, 4) is 0 Å². The van der Waals surface area contributed by atoms with Gasteiger partial charge in [0, 0.05) is 5.56 Å². The van der Waals surface area contributed by atoms with Gasteiger partial charge in [-0.15, -0.1) is 21.9 Å². The number of hydrogen-bond acceptors (Lipinski definition) is 2. The van der Waals surface area contributed by atoms with Crippen LogP contribution in [0.3, 0.4) is 0 Å². The normalized spacial score (nSPS) is 11.4. The molecule has 0 spiro atoms. The summed E-state index contributed by atoms with van der Waals surface area (Å²) in [4.78, 5) is 15.4. The average Bonchev–Trinajstić information content (AvgIpc) is 3.29. The monoisotopic (exact) mass is 958 g/mol. The quantitative estimate of drug-likeness (QED) is 0.0383. The summed E-state index contributed by atoms with van der Waals surface area (Å²) >= 11 is 0. The minimum absolute atomic E-state index is 0.0826. The summed E-state index contributed by atoms with van der Waals surface area (Å²) < 4.78 is 333. The minimum Gasteiger partial charge on any atom is -0.287 e. The molecule has 0 aliphatic heterocycles. The van der Waals surface area contributed by atoms with E-state index in [9.17, 15) is 70.7 Å². The highest BCUT2D eigenvalue weighted by molar-refractivity contribution is 7.20. The molecule has 6 aromatic rings. The summed E-state index contributed by atoms with van der Waals surface area (Å²) in [5.74, 6) is -73.3. The predicted molar refractivity (Wildman–Crippen MR) is 175 cm³/mol. The first-order valence-corrected chi connectivity index (χ1v) is 16.7. The van der Waals surface area contributed by atoms with Gasteiger partial charge in [0.2, 0.25) is 18.2 Å². The van der Waals surface area contributed by atoms with E-state index < -0.39 is 162 Å².